The van der Waals surface area contributed by atoms with Crippen molar-refractivity contribution in [3.63, 3.8) is 0 Å². The van der Waals surface area contributed by atoms with E-state index in [4.69, 9.17) is 13.9 Å². The number of aliphatic hydroxyl groups is 2. The summed E-state index contributed by atoms with van der Waals surface area (Å²) in [6.45, 7) is 4.83. The first kappa shape index (κ1) is 23.0. The van der Waals surface area contributed by atoms with Crippen molar-refractivity contribution in [2.75, 3.05) is 13.2 Å². The number of aliphatic hydroxyl groups excluding tert-OH is 2. The second-order valence-electron chi connectivity index (χ2n) is 7.90. The van der Waals surface area contributed by atoms with Crippen LogP contribution in [0.3, 0.4) is 0 Å². The molecule has 2 N–H and O–H groups in total. The van der Waals surface area contributed by atoms with E-state index in [1.165, 1.54) is 16.8 Å². The van der Waals surface area contributed by atoms with Gasteiger partial charge in [-0.1, -0.05) is 24.3 Å². The minimum absolute atomic E-state index is 0.0278. The number of hydrogen-bond acceptors (Lipinski definition) is 9. The highest BCUT2D eigenvalue weighted by atomic mass is 19.1. The molecule has 176 valence electrons. The van der Waals surface area contributed by atoms with Gasteiger partial charge in [0.2, 0.25) is 11.7 Å². The number of halogens is 1. The summed E-state index contributed by atoms with van der Waals surface area (Å²) in [5.74, 6) is -1.39. The Morgan fingerprint density at radius 2 is 2.15 bits per heavy atom. The summed E-state index contributed by atoms with van der Waals surface area (Å²) in [6.07, 6.45) is -1.28. The van der Waals surface area contributed by atoms with E-state index in [9.17, 15) is 19.4 Å². The molecule has 4 rings (SSSR count). The summed E-state index contributed by atoms with van der Waals surface area (Å²) in [6, 6.07) is 5.27. The number of nitrogens with zero attached hydrogens (tertiary/aromatic N) is 4. The zero-order valence-corrected chi connectivity index (χ0v) is 18.4. The van der Waals surface area contributed by atoms with Crippen LogP contribution in [0.4, 0.5) is 4.39 Å². The van der Waals surface area contributed by atoms with Gasteiger partial charge >= 0.3 is 5.97 Å². The molecule has 3 aromatic rings. The van der Waals surface area contributed by atoms with Crippen molar-refractivity contribution in [1.29, 1.82) is 0 Å². The molecule has 1 aliphatic heterocycles. The molecular formula is C22H25FN4O6. The van der Waals surface area contributed by atoms with Crippen LogP contribution >= 0.6 is 0 Å². The summed E-state index contributed by atoms with van der Waals surface area (Å²) in [5, 5.41) is 29.0. The van der Waals surface area contributed by atoms with Gasteiger partial charge in [-0.2, -0.15) is 0 Å². The lowest BCUT2D eigenvalue weighted by Crippen LogP contribution is -2.49. The molecule has 1 aromatic carbocycles. The van der Waals surface area contributed by atoms with E-state index in [1.54, 1.807) is 39.1 Å². The molecule has 0 spiro atoms. The molecule has 1 saturated heterocycles. The maximum atomic E-state index is 13.6. The quantitative estimate of drug-likeness (QED) is 0.531. The van der Waals surface area contributed by atoms with Crippen molar-refractivity contribution < 1.29 is 33.3 Å². The number of aromatic nitrogens is 4. The molecule has 2 aromatic heterocycles. The van der Waals surface area contributed by atoms with Gasteiger partial charge in [-0.3, -0.25) is 0 Å². The van der Waals surface area contributed by atoms with Crippen molar-refractivity contribution in [2.24, 2.45) is 5.92 Å². The highest BCUT2D eigenvalue weighted by Gasteiger charge is 2.47. The number of ether oxygens (including phenoxy) is 2. The Bertz CT molecular complexity index is 1130. The SMILES string of the molecule is CCOC(=O)c1oc([C@@H]2O[C@H](CO)[C@H](O)[C@H](n3cc(-c4cccc(F)c4)nn3)[C@H]2C)nc1C. The van der Waals surface area contributed by atoms with E-state index in [1.807, 2.05) is 0 Å². The lowest BCUT2D eigenvalue weighted by Gasteiger charge is -2.42. The highest BCUT2D eigenvalue weighted by Crippen LogP contribution is 2.42. The summed E-state index contributed by atoms with van der Waals surface area (Å²) in [5.41, 5.74) is 1.30. The van der Waals surface area contributed by atoms with Crippen LogP contribution < -0.4 is 0 Å². The van der Waals surface area contributed by atoms with Gasteiger partial charge in [-0.05, 0) is 26.0 Å². The largest absolute Gasteiger partial charge is 0.460 e. The van der Waals surface area contributed by atoms with Crippen molar-refractivity contribution >= 4 is 5.97 Å². The third kappa shape index (κ3) is 4.39. The Morgan fingerprint density at radius 3 is 2.85 bits per heavy atom. The monoisotopic (exact) mass is 460 g/mol. The first-order valence-electron chi connectivity index (χ1n) is 10.6. The van der Waals surface area contributed by atoms with Crippen LogP contribution in [-0.2, 0) is 9.47 Å². The zero-order chi connectivity index (χ0) is 23.7. The van der Waals surface area contributed by atoms with E-state index < -0.39 is 48.7 Å². The third-order valence-electron chi connectivity index (χ3n) is 5.70. The molecule has 0 bridgehead atoms. The Morgan fingerprint density at radius 1 is 1.36 bits per heavy atom. The molecule has 0 radical (unpaired) electrons. The molecule has 0 aliphatic carbocycles. The average Bonchev–Trinajstić information content (AvgIpc) is 3.41. The number of rotatable bonds is 6. The predicted octanol–water partition coefficient (Wildman–Crippen LogP) is 2.23. The molecule has 33 heavy (non-hydrogen) atoms. The van der Waals surface area contributed by atoms with E-state index in [0.717, 1.165) is 0 Å². The number of oxazole rings is 1. The van der Waals surface area contributed by atoms with Gasteiger partial charge in [0.05, 0.1) is 31.1 Å². The Labute approximate surface area is 189 Å². The number of hydrogen-bond donors (Lipinski definition) is 2. The molecule has 11 heteroatoms. The van der Waals surface area contributed by atoms with Crippen LogP contribution in [0.15, 0.2) is 34.9 Å². The first-order valence-corrected chi connectivity index (χ1v) is 10.6. The minimum atomic E-state index is -1.12. The number of carbonyl (C=O) groups excluding carboxylic acids is 1. The van der Waals surface area contributed by atoms with Crippen molar-refractivity contribution in [1.82, 2.24) is 20.0 Å². The molecular weight excluding hydrogens is 435 g/mol. The van der Waals surface area contributed by atoms with Gasteiger partial charge in [0.1, 0.15) is 29.8 Å². The van der Waals surface area contributed by atoms with Crippen molar-refractivity contribution in [2.45, 2.75) is 45.1 Å². The lowest BCUT2D eigenvalue weighted by molar-refractivity contribution is -0.189. The maximum absolute atomic E-state index is 13.6. The van der Waals surface area contributed by atoms with Crippen LogP contribution in [-0.4, -0.2) is 61.6 Å². The van der Waals surface area contributed by atoms with Crippen molar-refractivity contribution in [3.05, 3.63) is 53.6 Å². The van der Waals surface area contributed by atoms with E-state index in [-0.39, 0.29) is 18.3 Å². The zero-order valence-electron chi connectivity index (χ0n) is 18.4. The van der Waals surface area contributed by atoms with Crippen LogP contribution in [0.2, 0.25) is 0 Å². The molecule has 10 nitrogen and oxygen atoms in total. The molecule has 0 saturated carbocycles. The molecule has 0 unspecified atom stereocenters. The first-order chi connectivity index (χ1) is 15.8. The second kappa shape index (κ2) is 9.38. The second-order valence-corrected chi connectivity index (χ2v) is 7.90. The van der Waals surface area contributed by atoms with Gasteiger partial charge in [0, 0.05) is 11.5 Å². The third-order valence-corrected chi connectivity index (χ3v) is 5.70. The van der Waals surface area contributed by atoms with E-state index in [0.29, 0.717) is 17.0 Å². The fraction of sp³-hybridized carbons (Fsp3) is 0.455. The molecule has 1 fully saturated rings. The standard InChI is InChI=1S/C22H25FN4O6/c1-4-31-22(30)20-12(3)24-21(33-20)19-11(2)17(18(29)16(10-28)32-19)27-9-15(25-26-27)13-6-5-7-14(23)8-13/h5-9,11,16-19,28-29H,4,10H2,1-3H3/t11-,16-,17-,18+,19-/m1/s1. The number of benzene rings is 1. The normalized spacial score (nSPS) is 25.2. The van der Waals surface area contributed by atoms with E-state index >= 15 is 0 Å². The summed E-state index contributed by atoms with van der Waals surface area (Å²) < 4.78 is 31.7. The van der Waals surface area contributed by atoms with E-state index in [2.05, 4.69) is 15.3 Å². The fourth-order valence-electron chi connectivity index (χ4n) is 4.06. The summed E-state index contributed by atoms with van der Waals surface area (Å²) >= 11 is 0. The lowest BCUT2D eigenvalue weighted by atomic mass is 9.85. The van der Waals surface area contributed by atoms with Crippen LogP contribution in [0, 0.1) is 18.7 Å². The van der Waals surface area contributed by atoms with Gasteiger partial charge in [-0.15, -0.1) is 5.10 Å². The van der Waals surface area contributed by atoms with Gasteiger partial charge < -0.3 is 24.1 Å². The molecule has 0 amide bonds. The predicted molar refractivity (Wildman–Crippen MR) is 112 cm³/mol. The Hall–Kier alpha value is -3.15. The summed E-state index contributed by atoms with van der Waals surface area (Å²) in [7, 11) is 0. The molecule has 3 heterocycles. The minimum Gasteiger partial charge on any atom is -0.460 e. The number of esters is 1. The van der Waals surface area contributed by atoms with Gasteiger partial charge in [0.25, 0.3) is 0 Å². The van der Waals surface area contributed by atoms with Gasteiger partial charge in [0.15, 0.2) is 0 Å². The summed E-state index contributed by atoms with van der Waals surface area (Å²) in [4.78, 5) is 16.5. The number of carbonyl (C=O) groups is 1. The molecule has 1 aliphatic rings. The van der Waals surface area contributed by atoms with Gasteiger partial charge in [-0.25, -0.2) is 18.9 Å². The van der Waals surface area contributed by atoms with Crippen LogP contribution in [0.5, 0.6) is 0 Å². The molecule has 5 atom stereocenters. The average molecular weight is 460 g/mol. The topological polar surface area (TPSA) is 133 Å². The van der Waals surface area contributed by atoms with Crippen LogP contribution in [0.25, 0.3) is 11.3 Å². The van der Waals surface area contributed by atoms with Crippen LogP contribution in [0.1, 0.15) is 48.1 Å². The maximum Gasteiger partial charge on any atom is 0.376 e. The fourth-order valence-corrected chi connectivity index (χ4v) is 4.06. The highest BCUT2D eigenvalue weighted by molar-refractivity contribution is 5.87. The smallest absolute Gasteiger partial charge is 0.376 e. The Balaban J connectivity index is 1.67. The Kier molecular flexibility index (Phi) is 6.54. The number of aryl methyl sites for hydroxylation is 1. The van der Waals surface area contributed by atoms with Crippen molar-refractivity contribution in [3.8, 4) is 11.3 Å².